The molecule has 94 valence electrons. The molecule has 0 aliphatic carbocycles. The van der Waals surface area contributed by atoms with Crippen LogP contribution in [0.15, 0.2) is 24.3 Å². The van der Waals surface area contributed by atoms with Crippen LogP contribution in [0.5, 0.6) is 0 Å². The number of amides is 1. The van der Waals surface area contributed by atoms with Gasteiger partial charge in [0.15, 0.2) is 0 Å². The van der Waals surface area contributed by atoms with Crippen LogP contribution < -0.4 is 0 Å². The molecule has 0 fully saturated rings. The van der Waals surface area contributed by atoms with E-state index in [-0.39, 0.29) is 5.91 Å². The topological polar surface area (TPSA) is 20.3 Å². The smallest absolute Gasteiger partial charge is 0.347 e. The summed E-state index contributed by atoms with van der Waals surface area (Å²) in [6, 6.07) is 4.24. The molecule has 0 aliphatic heterocycles. The lowest BCUT2D eigenvalue weighted by atomic mass is 10.1. The summed E-state index contributed by atoms with van der Waals surface area (Å²) in [5.41, 5.74) is -0.416. The zero-order chi connectivity index (χ0) is 13.2. The van der Waals surface area contributed by atoms with Gasteiger partial charge < -0.3 is 4.90 Å². The van der Waals surface area contributed by atoms with Gasteiger partial charge in [-0.15, -0.1) is 11.6 Å². The number of hydrogen-bond acceptors (Lipinski definition) is 1. The van der Waals surface area contributed by atoms with Crippen LogP contribution in [-0.4, -0.2) is 24.9 Å². The predicted octanol–water partition coefficient (Wildman–Crippen LogP) is 3.07. The second-order valence-corrected chi connectivity index (χ2v) is 4.15. The zero-order valence-corrected chi connectivity index (χ0v) is 10.0. The maximum Gasteiger partial charge on any atom is 0.416 e. The Morgan fingerprint density at radius 2 is 1.71 bits per heavy atom. The molecule has 0 aromatic heterocycles. The SMILES string of the molecule is CN(C)C(=O)C(Cl)c1ccc(C(F)(F)F)cc1. The van der Waals surface area contributed by atoms with Crippen LogP contribution in [0.4, 0.5) is 13.2 Å². The van der Waals surface area contributed by atoms with Crippen molar-refractivity contribution in [3.8, 4) is 0 Å². The third-order valence-electron chi connectivity index (χ3n) is 2.19. The Bertz CT molecular complexity index is 400. The highest BCUT2D eigenvalue weighted by atomic mass is 35.5. The van der Waals surface area contributed by atoms with E-state index in [2.05, 4.69) is 0 Å². The number of carbonyl (C=O) groups is 1. The number of nitrogens with zero attached hydrogens (tertiary/aromatic N) is 1. The molecule has 17 heavy (non-hydrogen) atoms. The van der Waals surface area contributed by atoms with Crippen molar-refractivity contribution < 1.29 is 18.0 Å². The van der Waals surface area contributed by atoms with E-state index in [1.165, 1.54) is 31.1 Å². The number of alkyl halides is 4. The molecule has 1 unspecified atom stereocenters. The maximum atomic E-state index is 12.3. The first-order valence-electron chi connectivity index (χ1n) is 4.76. The van der Waals surface area contributed by atoms with Gasteiger partial charge in [-0.1, -0.05) is 12.1 Å². The first-order valence-corrected chi connectivity index (χ1v) is 5.19. The second-order valence-electron chi connectivity index (χ2n) is 3.71. The lowest BCUT2D eigenvalue weighted by Gasteiger charge is -2.16. The van der Waals surface area contributed by atoms with E-state index in [0.717, 1.165) is 12.1 Å². The highest BCUT2D eigenvalue weighted by Gasteiger charge is 2.30. The van der Waals surface area contributed by atoms with Crippen LogP contribution in [0.1, 0.15) is 16.5 Å². The van der Waals surface area contributed by atoms with Gasteiger partial charge in [-0.25, -0.2) is 0 Å². The van der Waals surface area contributed by atoms with Crippen molar-refractivity contribution >= 4 is 17.5 Å². The summed E-state index contributed by atoms with van der Waals surface area (Å²) in [5.74, 6) is -0.369. The van der Waals surface area contributed by atoms with E-state index < -0.39 is 17.1 Å². The minimum atomic E-state index is -4.38. The molecule has 2 nitrogen and oxygen atoms in total. The minimum absolute atomic E-state index is 0.346. The molecule has 0 N–H and O–H groups in total. The van der Waals surface area contributed by atoms with Gasteiger partial charge in [0.1, 0.15) is 5.38 Å². The van der Waals surface area contributed by atoms with E-state index in [0.29, 0.717) is 5.56 Å². The van der Waals surface area contributed by atoms with Crippen LogP contribution in [0, 0.1) is 0 Å². The highest BCUT2D eigenvalue weighted by molar-refractivity contribution is 6.30. The molecule has 0 aliphatic rings. The lowest BCUT2D eigenvalue weighted by molar-refractivity contribution is -0.137. The number of benzene rings is 1. The molecule has 0 bridgehead atoms. The first kappa shape index (κ1) is 13.8. The van der Waals surface area contributed by atoms with Gasteiger partial charge in [-0.2, -0.15) is 13.2 Å². The van der Waals surface area contributed by atoms with Crippen molar-refractivity contribution in [3.05, 3.63) is 35.4 Å². The van der Waals surface area contributed by atoms with Crippen molar-refractivity contribution in [1.29, 1.82) is 0 Å². The quantitative estimate of drug-likeness (QED) is 0.753. The van der Waals surface area contributed by atoms with Crippen LogP contribution in [0.2, 0.25) is 0 Å². The van der Waals surface area contributed by atoms with E-state index >= 15 is 0 Å². The van der Waals surface area contributed by atoms with Crippen molar-refractivity contribution in [2.24, 2.45) is 0 Å². The predicted molar refractivity (Wildman–Crippen MR) is 58.7 cm³/mol. The highest BCUT2D eigenvalue weighted by Crippen LogP contribution is 2.31. The Morgan fingerprint density at radius 1 is 1.24 bits per heavy atom. The van der Waals surface area contributed by atoms with Gasteiger partial charge in [-0.05, 0) is 17.7 Å². The van der Waals surface area contributed by atoms with Crippen LogP contribution >= 0.6 is 11.6 Å². The normalized spacial score (nSPS) is 13.3. The fraction of sp³-hybridized carbons (Fsp3) is 0.364. The van der Waals surface area contributed by atoms with Gasteiger partial charge in [0.05, 0.1) is 5.56 Å². The summed E-state index contributed by atoms with van der Waals surface area (Å²) in [5, 5.41) is -0.965. The summed E-state index contributed by atoms with van der Waals surface area (Å²) in [7, 11) is 3.06. The Labute approximate surface area is 102 Å². The van der Waals surface area contributed by atoms with Crippen LogP contribution in [-0.2, 0) is 11.0 Å². The molecule has 0 spiro atoms. The number of halogens is 4. The fourth-order valence-corrected chi connectivity index (χ4v) is 1.55. The molecule has 6 heteroatoms. The Balaban J connectivity index is 2.92. The van der Waals surface area contributed by atoms with Crippen molar-refractivity contribution in [1.82, 2.24) is 4.90 Å². The average Bonchev–Trinajstić information content (AvgIpc) is 2.26. The summed E-state index contributed by atoms with van der Waals surface area (Å²) >= 11 is 5.85. The van der Waals surface area contributed by atoms with Gasteiger partial charge in [-0.3, -0.25) is 4.79 Å². The fourth-order valence-electron chi connectivity index (χ4n) is 1.21. The molecule has 1 amide bonds. The number of carbonyl (C=O) groups excluding carboxylic acids is 1. The molecular weight excluding hydrogens is 255 g/mol. The Kier molecular flexibility index (Phi) is 4.03. The standard InChI is InChI=1S/C11H11ClF3NO/c1-16(2)10(17)9(12)7-3-5-8(6-4-7)11(13,14)15/h3-6,9H,1-2H3. The molecule has 1 aromatic carbocycles. The number of likely N-dealkylation sites (N-methyl/N-ethyl adjacent to an activating group) is 1. The molecule has 1 rings (SSSR count). The third-order valence-corrected chi connectivity index (χ3v) is 2.63. The van der Waals surface area contributed by atoms with E-state index in [1.54, 1.807) is 0 Å². The van der Waals surface area contributed by atoms with Crippen molar-refractivity contribution in [3.63, 3.8) is 0 Å². The van der Waals surface area contributed by atoms with Gasteiger partial charge in [0, 0.05) is 14.1 Å². The first-order chi connectivity index (χ1) is 7.73. The van der Waals surface area contributed by atoms with Crippen LogP contribution in [0.3, 0.4) is 0 Å². The lowest BCUT2D eigenvalue weighted by Crippen LogP contribution is -2.25. The molecule has 1 aromatic rings. The molecule has 0 saturated heterocycles. The Hall–Kier alpha value is -1.23. The summed E-state index contributed by atoms with van der Waals surface area (Å²) < 4.78 is 36.9. The average molecular weight is 266 g/mol. The summed E-state index contributed by atoms with van der Waals surface area (Å²) in [4.78, 5) is 12.8. The molecule has 1 atom stereocenters. The van der Waals surface area contributed by atoms with Gasteiger partial charge >= 0.3 is 6.18 Å². The van der Waals surface area contributed by atoms with Crippen LogP contribution in [0.25, 0.3) is 0 Å². The van der Waals surface area contributed by atoms with Crippen molar-refractivity contribution in [2.75, 3.05) is 14.1 Å². The van der Waals surface area contributed by atoms with Crippen molar-refractivity contribution in [2.45, 2.75) is 11.6 Å². The monoisotopic (exact) mass is 265 g/mol. The summed E-state index contributed by atoms with van der Waals surface area (Å²) in [6.45, 7) is 0. The maximum absolute atomic E-state index is 12.3. The number of hydrogen-bond donors (Lipinski definition) is 0. The zero-order valence-electron chi connectivity index (χ0n) is 9.25. The third kappa shape index (κ3) is 3.36. The Morgan fingerprint density at radius 3 is 2.06 bits per heavy atom. The van der Waals surface area contributed by atoms with E-state index in [9.17, 15) is 18.0 Å². The van der Waals surface area contributed by atoms with Gasteiger partial charge in [0.2, 0.25) is 5.91 Å². The second kappa shape index (κ2) is 4.96. The van der Waals surface area contributed by atoms with Gasteiger partial charge in [0.25, 0.3) is 0 Å². The van der Waals surface area contributed by atoms with E-state index in [4.69, 9.17) is 11.6 Å². The molecule has 0 heterocycles. The summed E-state index contributed by atoms with van der Waals surface area (Å²) in [6.07, 6.45) is -4.38. The molecular formula is C11H11ClF3NO. The minimum Gasteiger partial charge on any atom is -0.347 e. The largest absolute Gasteiger partial charge is 0.416 e. The molecule has 0 saturated carbocycles. The molecule has 0 radical (unpaired) electrons. The van der Waals surface area contributed by atoms with E-state index in [1.807, 2.05) is 0 Å². The number of rotatable bonds is 2.